The van der Waals surface area contributed by atoms with Gasteiger partial charge in [0, 0.05) is 6.04 Å². The van der Waals surface area contributed by atoms with Gasteiger partial charge in [0.1, 0.15) is 12.6 Å². The number of rotatable bonds is 7. The molecular formula is C18H28N2O3. The molecule has 23 heavy (non-hydrogen) atoms. The van der Waals surface area contributed by atoms with Crippen LogP contribution in [0, 0.1) is 5.92 Å². The molecule has 0 bridgehead atoms. The highest BCUT2D eigenvalue weighted by Gasteiger charge is 2.31. The fraction of sp³-hybridized carbons (Fsp3) is 0.611. The van der Waals surface area contributed by atoms with Crippen molar-refractivity contribution in [3.8, 4) is 0 Å². The Morgan fingerprint density at radius 2 is 1.83 bits per heavy atom. The Bertz CT molecular complexity index is 474. The summed E-state index contributed by atoms with van der Waals surface area (Å²) in [5.74, 6) is -0.0820. The normalized spacial score (nSPS) is 19.8. The maximum absolute atomic E-state index is 12.0. The molecule has 1 aromatic carbocycles. The fourth-order valence-corrected chi connectivity index (χ4v) is 3.18. The van der Waals surface area contributed by atoms with Crippen molar-refractivity contribution >= 4 is 5.97 Å². The molecule has 1 saturated carbocycles. The number of aliphatic hydroxyl groups excluding tert-OH is 1. The summed E-state index contributed by atoms with van der Waals surface area (Å²) in [5.41, 5.74) is 12.8. The van der Waals surface area contributed by atoms with Crippen molar-refractivity contribution in [2.45, 2.75) is 63.3 Å². The average Bonchev–Trinajstić information content (AvgIpc) is 2.60. The molecule has 0 aliphatic heterocycles. The first-order valence-corrected chi connectivity index (χ1v) is 8.47. The predicted octanol–water partition coefficient (Wildman–Crippen LogP) is 1.72. The molecule has 0 aromatic heterocycles. The Hall–Kier alpha value is -1.43. The molecule has 5 N–H and O–H groups in total. The van der Waals surface area contributed by atoms with Crippen molar-refractivity contribution in [1.82, 2.24) is 0 Å². The van der Waals surface area contributed by atoms with Crippen molar-refractivity contribution in [1.29, 1.82) is 0 Å². The molecule has 1 aliphatic carbocycles. The van der Waals surface area contributed by atoms with Gasteiger partial charge in [-0.1, -0.05) is 62.4 Å². The van der Waals surface area contributed by atoms with Gasteiger partial charge in [-0.05, 0) is 17.9 Å². The molecule has 5 heteroatoms. The highest BCUT2D eigenvalue weighted by atomic mass is 16.5. The van der Waals surface area contributed by atoms with E-state index in [0.29, 0.717) is 12.3 Å². The molecule has 128 valence electrons. The maximum Gasteiger partial charge on any atom is 0.326 e. The number of carbonyl (C=O) groups is 1. The molecule has 1 aromatic rings. The van der Waals surface area contributed by atoms with Crippen molar-refractivity contribution in [2.24, 2.45) is 17.4 Å². The largest absolute Gasteiger partial charge is 0.460 e. The van der Waals surface area contributed by atoms with Crippen molar-refractivity contribution in [3.05, 3.63) is 35.9 Å². The van der Waals surface area contributed by atoms with E-state index in [2.05, 4.69) is 0 Å². The summed E-state index contributed by atoms with van der Waals surface area (Å²) in [4.78, 5) is 12.0. The number of aliphatic hydroxyl groups is 1. The molecule has 0 amide bonds. The summed E-state index contributed by atoms with van der Waals surface area (Å²) in [6.07, 6.45) is 5.65. The van der Waals surface area contributed by atoms with Crippen LogP contribution in [0.15, 0.2) is 30.3 Å². The highest BCUT2D eigenvalue weighted by molar-refractivity contribution is 5.76. The average molecular weight is 320 g/mol. The lowest BCUT2D eigenvalue weighted by Crippen LogP contribution is -2.52. The lowest BCUT2D eigenvalue weighted by Gasteiger charge is -2.28. The van der Waals surface area contributed by atoms with Gasteiger partial charge in [0.25, 0.3) is 0 Å². The SMILES string of the molecule is NC(C(=O)OCc1ccccc1)[C@@H](O)[C@@H](N)CC1CCCCC1. The molecule has 1 aliphatic rings. The molecule has 1 fully saturated rings. The Balaban J connectivity index is 1.77. The zero-order valence-electron chi connectivity index (χ0n) is 13.6. The van der Waals surface area contributed by atoms with Gasteiger partial charge in [0.05, 0.1) is 6.10 Å². The lowest BCUT2D eigenvalue weighted by molar-refractivity contribution is -0.149. The number of benzene rings is 1. The number of hydrogen-bond donors (Lipinski definition) is 3. The quantitative estimate of drug-likeness (QED) is 0.664. The van der Waals surface area contributed by atoms with Gasteiger partial charge in [0.15, 0.2) is 0 Å². The van der Waals surface area contributed by atoms with E-state index in [1.165, 1.54) is 19.3 Å². The minimum absolute atomic E-state index is 0.151. The minimum Gasteiger partial charge on any atom is -0.460 e. The van der Waals surface area contributed by atoms with Crippen LogP contribution in [-0.4, -0.2) is 29.3 Å². The summed E-state index contributed by atoms with van der Waals surface area (Å²) in [7, 11) is 0. The van der Waals surface area contributed by atoms with Gasteiger partial charge >= 0.3 is 5.97 Å². The van der Waals surface area contributed by atoms with Crippen LogP contribution >= 0.6 is 0 Å². The van der Waals surface area contributed by atoms with Crippen LogP contribution in [0.5, 0.6) is 0 Å². The van der Waals surface area contributed by atoms with Gasteiger partial charge in [-0.2, -0.15) is 0 Å². The van der Waals surface area contributed by atoms with Gasteiger partial charge < -0.3 is 21.3 Å². The smallest absolute Gasteiger partial charge is 0.326 e. The number of nitrogens with two attached hydrogens (primary N) is 2. The van der Waals surface area contributed by atoms with Crippen LogP contribution in [0.4, 0.5) is 0 Å². The Kier molecular flexibility index (Phi) is 7.02. The summed E-state index contributed by atoms with van der Waals surface area (Å²) in [5, 5.41) is 10.2. The van der Waals surface area contributed by atoms with Gasteiger partial charge in [0.2, 0.25) is 0 Å². The summed E-state index contributed by atoms with van der Waals surface area (Å²) in [6.45, 7) is 0.151. The molecule has 0 radical (unpaired) electrons. The first kappa shape index (κ1) is 17.9. The van der Waals surface area contributed by atoms with E-state index in [4.69, 9.17) is 16.2 Å². The predicted molar refractivity (Wildman–Crippen MR) is 89.4 cm³/mol. The minimum atomic E-state index is -1.10. The first-order chi connectivity index (χ1) is 11.1. The molecule has 0 saturated heterocycles. The van der Waals surface area contributed by atoms with Gasteiger partial charge in [-0.15, -0.1) is 0 Å². The molecule has 0 spiro atoms. The Morgan fingerprint density at radius 3 is 2.48 bits per heavy atom. The van der Waals surface area contributed by atoms with Gasteiger partial charge in [-0.25, -0.2) is 0 Å². The summed E-state index contributed by atoms with van der Waals surface area (Å²) in [6, 6.07) is 7.78. The van der Waals surface area contributed by atoms with E-state index in [9.17, 15) is 9.90 Å². The van der Waals surface area contributed by atoms with Gasteiger partial charge in [-0.3, -0.25) is 4.79 Å². The molecular weight excluding hydrogens is 292 g/mol. The van der Waals surface area contributed by atoms with E-state index < -0.39 is 24.2 Å². The van der Waals surface area contributed by atoms with Crippen LogP contribution in [0.2, 0.25) is 0 Å². The van der Waals surface area contributed by atoms with Crippen LogP contribution < -0.4 is 11.5 Å². The number of esters is 1. The monoisotopic (exact) mass is 320 g/mol. The van der Waals surface area contributed by atoms with Crippen LogP contribution in [-0.2, 0) is 16.1 Å². The highest BCUT2D eigenvalue weighted by Crippen LogP contribution is 2.27. The second kappa shape index (κ2) is 9.01. The van der Waals surface area contributed by atoms with Crippen molar-refractivity contribution in [3.63, 3.8) is 0 Å². The third-order valence-corrected chi connectivity index (χ3v) is 4.63. The van der Waals surface area contributed by atoms with E-state index in [1.807, 2.05) is 30.3 Å². The molecule has 0 heterocycles. The maximum atomic E-state index is 12.0. The number of ether oxygens (including phenoxy) is 1. The number of hydrogen-bond acceptors (Lipinski definition) is 5. The lowest BCUT2D eigenvalue weighted by atomic mass is 9.83. The molecule has 5 nitrogen and oxygen atoms in total. The molecule has 1 unspecified atom stereocenters. The first-order valence-electron chi connectivity index (χ1n) is 8.47. The topological polar surface area (TPSA) is 98.6 Å². The zero-order valence-corrected chi connectivity index (χ0v) is 13.6. The third-order valence-electron chi connectivity index (χ3n) is 4.63. The van der Waals surface area contributed by atoms with E-state index in [1.54, 1.807) is 0 Å². The summed E-state index contributed by atoms with van der Waals surface area (Å²) < 4.78 is 5.17. The Labute approximate surface area is 138 Å². The van der Waals surface area contributed by atoms with Crippen LogP contribution in [0.3, 0.4) is 0 Å². The second-order valence-electron chi connectivity index (χ2n) is 6.51. The van der Waals surface area contributed by atoms with E-state index in [0.717, 1.165) is 18.4 Å². The molecule has 3 atom stereocenters. The van der Waals surface area contributed by atoms with Crippen molar-refractivity contribution < 1.29 is 14.6 Å². The van der Waals surface area contributed by atoms with E-state index in [-0.39, 0.29) is 6.61 Å². The third kappa shape index (κ3) is 5.61. The zero-order chi connectivity index (χ0) is 16.7. The van der Waals surface area contributed by atoms with E-state index >= 15 is 0 Å². The van der Waals surface area contributed by atoms with Crippen LogP contribution in [0.25, 0.3) is 0 Å². The molecule has 2 rings (SSSR count). The Morgan fingerprint density at radius 1 is 1.17 bits per heavy atom. The fourth-order valence-electron chi connectivity index (χ4n) is 3.18. The van der Waals surface area contributed by atoms with Crippen molar-refractivity contribution in [2.75, 3.05) is 0 Å². The standard InChI is InChI=1S/C18H28N2O3/c19-15(11-13-7-3-1-4-8-13)17(21)16(20)18(22)23-12-14-9-5-2-6-10-14/h2,5-6,9-10,13,15-17,21H,1,3-4,7-8,11-12,19-20H2/t15-,16?,17-/m0/s1. The van der Waals surface area contributed by atoms with Crippen LogP contribution in [0.1, 0.15) is 44.1 Å². The second-order valence-corrected chi connectivity index (χ2v) is 6.51. The summed E-state index contributed by atoms with van der Waals surface area (Å²) >= 11 is 0. The number of carbonyl (C=O) groups excluding carboxylic acids is 1.